The van der Waals surface area contributed by atoms with Crippen molar-refractivity contribution in [3.05, 3.63) is 30.0 Å². The first kappa shape index (κ1) is 19.5. The van der Waals surface area contributed by atoms with Gasteiger partial charge in [0.2, 0.25) is 0 Å². The number of aromatic nitrogens is 6. The molecule has 9 nitrogen and oxygen atoms in total. The Morgan fingerprint density at radius 2 is 2.07 bits per heavy atom. The number of carbonyl (C=O) groups is 1. The van der Waals surface area contributed by atoms with Crippen LogP contribution in [0.25, 0.3) is 22.1 Å². The number of nitrogens with one attached hydrogen (secondary N) is 2. The molecule has 0 radical (unpaired) electrons. The lowest BCUT2D eigenvalue weighted by atomic mass is 10.2. The number of thioether (sulfide) groups is 1. The van der Waals surface area contributed by atoms with E-state index in [4.69, 9.17) is 0 Å². The molecule has 0 aliphatic heterocycles. The van der Waals surface area contributed by atoms with Crippen LogP contribution in [0.15, 0.2) is 29.6 Å². The predicted octanol–water partition coefficient (Wildman–Crippen LogP) is 2.80. The second-order valence-electron chi connectivity index (χ2n) is 6.69. The average molecular weight is 429 g/mol. The Hall–Kier alpha value is -2.79. The van der Waals surface area contributed by atoms with E-state index in [2.05, 4.69) is 48.3 Å². The van der Waals surface area contributed by atoms with E-state index in [1.165, 1.54) is 11.8 Å². The van der Waals surface area contributed by atoms with E-state index in [1.54, 1.807) is 29.1 Å². The lowest BCUT2D eigenvalue weighted by Gasteiger charge is -2.11. The van der Waals surface area contributed by atoms with Gasteiger partial charge in [0.1, 0.15) is 16.9 Å². The third kappa shape index (κ3) is 4.15. The largest absolute Gasteiger partial charge is 0.367 e. The van der Waals surface area contributed by atoms with Gasteiger partial charge in [-0.3, -0.25) is 4.79 Å². The molecule has 150 valence electrons. The van der Waals surface area contributed by atoms with Crippen LogP contribution in [0.4, 0.5) is 5.82 Å². The van der Waals surface area contributed by atoms with Gasteiger partial charge in [0.25, 0.3) is 5.91 Å². The van der Waals surface area contributed by atoms with Crippen LogP contribution in [0.2, 0.25) is 0 Å². The Morgan fingerprint density at radius 1 is 1.24 bits per heavy atom. The van der Waals surface area contributed by atoms with Gasteiger partial charge in [-0.15, -0.1) is 0 Å². The molecule has 3 aromatic heterocycles. The summed E-state index contributed by atoms with van der Waals surface area (Å²) in [6.07, 6.45) is 3.70. The SMILES string of the molecule is CSc1nc(NC(C)C)c2cnn(CCNC(=O)c3ccc4nsnc4c3)c2n1. The number of nitrogens with zero attached hydrogens (tertiary/aromatic N) is 6. The van der Waals surface area contributed by atoms with Gasteiger partial charge < -0.3 is 10.6 Å². The summed E-state index contributed by atoms with van der Waals surface area (Å²) >= 11 is 2.62. The third-order valence-electron chi connectivity index (χ3n) is 4.21. The van der Waals surface area contributed by atoms with Gasteiger partial charge >= 0.3 is 0 Å². The molecule has 1 aromatic carbocycles. The number of carbonyl (C=O) groups excluding carboxylic acids is 1. The highest BCUT2D eigenvalue weighted by molar-refractivity contribution is 7.98. The molecule has 0 fully saturated rings. The van der Waals surface area contributed by atoms with Crippen LogP contribution < -0.4 is 10.6 Å². The van der Waals surface area contributed by atoms with E-state index in [0.29, 0.717) is 23.8 Å². The molecule has 2 N–H and O–H groups in total. The summed E-state index contributed by atoms with van der Waals surface area (Å²) in [6, 6.07) is 5.55. The third-order valence-corrected chi connectivity index (χ3v) is 5.31. The number of hydrogen-bond acceptors (Lipinski definition) is 9. The minimum atomic E-state index is -0.155. The Kier molecular flexibility index (Phi) is 5.58. The highest BCUT2D eigenvalue weighted by Gasteiger charge is 2.14. The number of amides is 1. The van der Waals surface area contributed by atoms with Gasteiger partial charge in [0.15, 0.2) is 10.8 Å². The summed E-state index contributed by atoms with van der Waals surface area (Å²) in [4.78, 5) is 21.6. The fraction of sp³-hybridized carbons (Fsp3) is 0.333. The molecule has 1 amide bonds. The molecule has 3 heterocycles. The molecule has 0 aliphatic carbocycles. The van der Waals surface area contributed by atoms with Crippen molar-refractivity contribution in [2.24, 2.45) is 0 Å². The quantitative estimate of drug-likeness (QED) is 0.341. The minimum Gasteiger partial charge on any atom is -0.367 e. The van der Waals surface area contributed by atoms with Crippen molar-refractivity contribution in [2.45, 2.75) is 31.6 Å². The van der Waals surface area contributed by atoms with Crippen LogP contribution in [-0.4, -0.2) is 53.2 Å². The van der Waals surface area contributed by atoms with Crippen molar-refractivity contribution < 1.29 is 4.79 Å². The number of benzene rings is 1. The number of rotatable bonds is 7. The molecular formula is C18H20N8OS2. The van der Waals surface area contributed by atoms with E-state index in [0.717, 1.165) is 39.6 Å². The van der Waals surface area contributed by atoms with Crippen molar-refractivity contribution in [3.63, 3.8) is 0 Å². The first-order valence-corrected chi connectivity index (χ1v) is 11.0. The van der Waals surface area contributed by atoms with Crippen molar-refractivity contribution >= 4 is 57.3 Å². The maximum absolute atomic E-state index is 12.5. The molecule has 0 atom stereocenters. The molecule has 0 spiro atoms. The van der Waals surface area contributed by atoms with Crippen LogP contribution in [0, 0.1) is 0 Å². The summed E-state index contributed by atoms with van der Waals surface area (Å²) in [5.74, 6) is 0.618. The number of anilines is 1. The monoisotopic (exact) mass is 428 g/mol. The molecule has 11 heteroatoms. The Morgan fingerprint density at radius 3 is 2.86 bits per heavy atom. The predicted molar refractivity (Wildman–Crippen MR) is 116 cm³/mol. The van der Waals surface area contributed by atoms with Crippen molar-refractivity contribution in [1.29, 1.82) is 0 Å². The summed E-state index contributed by atoms with van der Waals surface area (Å²) in [6.45, 7) is 5.05. The first-order valence-electron chi connectivity index (χ1n) is 9.09. The summed E-state index contributed by atoms with van der Waals surface area (Å²) in [7, 11) is 0. The summed E-state index contributed by atoms with van der Waals surface area (Å²) in [5.41, 5.74) is 2.83. The Labute approximate surface area is 175 Å². The van der Waals surface area contributed by atoms with Gasteiger partial charge in [-0.05, 0) is 38.3 Å². The van der Waals surface area contributed by atoms with Crippen molar-refractivity contribution in [2.75, 3.05) is 18.1 Å². The average Bonchev–Trinajstić information content (AvgIpc) is 3.33. The van der Waals surface area contributed by atoms with Crippen LogP contribution in [0.3, 0.4) is 0 Å². The van der Waals surface area contributed by atoms with E-state index < -0.39 is 0 Å². The van der Waals surface area contributed by atoms with E-state index >= 15 is 0 Å². The van der Waals surface area contributed by atoms with Crippen molar-refractivity contribution in [3.8, 4) is 0 Å². The smallest absolute Gasteiger partial charge is 0.251 e. The molecule has 29 heavy (non-hydrogen) atoms. The number of hydrogen-bond donors (Lipinski definition) is 2. The second-order valence-corrected chi connectivity index (χ2v) is 7.99. The fourth-order valence-corrected chi connectivity index (χ4v) is 3.75. The van der Waals surface area contributed by atoms with Crippen LogP contribution in [0.1, 0.15) is 24.2 Å². The van der Waals surface area contributed by atoms with Crippen molar-refractivity contribution in [1.82, 2.24) is 33.8 Å². The van der Waals surface area contributed by atoms with Gasteiger partial charge in [0.05, 0.1) is 29.9 Å². The van der Waals surface area contributed by atoms with Gasteiger partial charge in [0, 0.05) is 18.2 Å². The Bertz CT molecular complexity index is 1170. The zero-order chi connectivity index (χ0) is 20.4. The zero-order valence-electron chi connectivity index (χ0n) is 16.2. The molecule has 0 saturated carbocycles. The van der Waals surface area contributed by atoms with Gasteiger partial charge in [-0.1, -0.05) is 11.8 Å². The molecule has 0 bridgehead atoms. The second kappa shape index (κ2) is 8.29. The minimum absolute atomic E-state index is 0.155. The lowest BCUT2D eigenvalue weighted by Crippen LogP contribution is -2.27. The molecule has 4 rings (SSSR count). The molecule has 0 unspecified atom stereocenters. The van der Waals surface area contributed by atoms with Crippen LogP contribution in [0.5, 0.6) is 0 Å². The normalized spacial score (nSPS) is 11.4. The number of fused-ring (bicyclic) bond motifs is 2. The van der Waals surface area contributed by atoms with Gasteiger partial charge in [-0.2, -0.15) is 13.8 Å². The van der Waals surface area contributed by atoms with E-state index in [1.807, 2.05) is 6.26 Å². The first-order chi connectivity index (χ1) is 14.0. The Balaban J connectivity index is 1.48. The highest BCUT2D eigenvalue weighted by atomic mass is 32.2. The van der Waals surface area contributed by atoms with Gasteiger partial charge in [-0.25, -0.2) is 14.6 Å². The topological polar surface area (TPSA) is 111 Å². The molecular weight excluding hydrogens is 408 g/mol. The molecule has 0 saturated heterocycles. The van der Waals surface area contributed by atoms with E-state index in [-0.39, 0.29) is 11.9 Å². The fourth-order valence-electron chi connectivity index (χ4n) is 2.87. The maximum Gasteiger partial charge on any atom is 0.251 e. The summed E-state index contributed by atoms with van der Waals surface area (Å²) < 4.78 is 10.1. The van der Waals surface area contributed by atoms with Crippen LogP contribution >= 0.6 is 23.5 Å². The standard InChI is InChI=1S/C18H20N8OS2/c1-10(2)21-15-12-9-20-26(16(12)23-18(22-15)28-3)7-6-19-17(27)11-4-5-13-14(8-11)25-29-24-13/h4-5,8-10H,6-7H2,1-3H3,(H,19,27)(H,21,22,23). The summed E-state index contributed by atoms with van der Waals surface area (Å²) in [5, 5.41) is 12.3. The zero-order valence-corrected chi connectivity index (χ0v) is 17.8. The highest BCUT2D eigenvalue weighted by Crippen LogP contribution is 2.24. The maximum atomic E-state index is 12.5. The molecule has 4 aromatic rings. The molecule has 0 aliphatic rings. The van der Waals surface area contributed by atoms with E-state index in [9.17, 15) is 4.79 Å². The lowest BCUT2D eigenvalue weighted by molar-refractivity contribution is 0.0952. The van der Waals surface area contributed by atoms with Crippen LogP contribution in [-0.2, 0) is 6.54 Å².